The molecule has 1 aliphatic heterocycles. The second kappa shape index (κ2) is 8.67. The highest BCUT2D eigenvalue weighted by Crippen LogP contribution is 2.28. The molecule has 0 saturated carbocycles. The molecule has 2 heterocycles. The van der Waals surface area contributed by atoms with Crippen molar-refractivity contribution in [1.82, 2.24) is 14.2 Å². The van der Waals surface area contributed by atoms with Crippen LogP contribution >= 0.6 is 0 Å². The largest absolute Gasteiger partial charge is 0.350 e. The van der Waals surface area contributed by atoms with Crippen LogP contribution in [0, 0.1) is 19.7 Å². The molecule has 8 heteroatoms. The minimum Gasteiger partial charge on any atom is -0.350 e. The van der Waals surface area contributed by atoms with Crippen molar-refractivity contribution in [3.63, 3.8) is 0 Å². The van der Waals surface area contributed by atoms with Crippen LogP contribution in [0.25, 0.3) is 0 Å². The molecule has 29 heavy (non-hydrogen) atoms. The molecule has 6 nitrogen and oxygen atoms in total. The highest BCUT2D eigenvalue weighted by atomic mass is 32.2. The van der Waals surface area contributed by atoms with E-state index in [1.54, 1.807) is 30.4 Å². The van der Waals surface area contributed by atoms with Crippen molar-refractivity contribution in [2.45, 2.75) is 51.0 Å². The number of hydrogen-bond acceptors (Lipinski definition) is 3. The number of aromatic nitrogens is 1. The van der Waals surface area contributed by atoms with E-state index >= 15 is 0 Å². The summed E-state index contributed by atoms with van der Waals surface area (Å²) in [5.74, 6) is -0.605. The Balaban J connectivity index is 1.94. The molecule has 1 fully saturated rings. The number of sulfonamides is 1. The monoisotopic (exact) mass is 421 g/mol. The van der Waals surface area contributed by atoms with Gasteiger partial charge in [-0.15, -0.1) is 0 Å². The Bertz CT molecular complexity index is 989. The third-order valence-electron chi connectivity index (χ3n) is 5.68. The zero-order valence-electron chi connectivity index (χ0n) is 17.2. The fraction of sp³-hybridized carbons (Fsp3) is 0.476. The molecule has 1 aromatic heterocycles. The molecule has 1 amide bonds. The second-order valence-corrected chi connectivity index (χ2v) is 9.30. The first-order valence-corrected chi connectivity index (χ1v) is 11.4. The number of nitrogens with zero attached hydrogens (tertiary/aromatic N) is 2. The van der Waals surface area contributed by atoms with Gasteiger partial charge < -0.3 is 9.47 Å². The Morgan fingerprint density at radius 2 is 1.62 bits per heavy atom. The summed E-state index contributed by atoms with van der Waals surface area (Å²) in [5, 5.41) is 0. The van der Waals surface area contributed by atoms with Crippen molar-refractivity contribution >= 4 is 15.9 Å². The van der Waals surface area contributed by atoms with Gasteiger partial charge >= 0.3 is 0 Å². The fourth-order valence-electron chi connectivity index (χ4n) is 3.78. The van der Waals surface area contributed by atoms with Crippen LogP contribution in [-0.2, 0) is 23.6 Å². The predicted molar refractivity (Wildman–Crippen MR) is 110 cm³/mol. The van der Waals surface area contributed by atoms with Crippen molar-refractivity contribution in [3.8, 4) is 0 Å². The summed E-state index contributed by atoms with van der Waals surface area (Å²) >= 11 is 0. The van der Waals surface area contributed by atoms with E-state index in [4.69, 9.17) is 0 Å². The molecular formula is C21H28FN3O3S. The van der Waals surface area contributed by atoms with E-state index in [2.05, 4.69) is 4.72 Å². The van der Waals surface area contributed by atoms with Gasteiger partial charge in [0.25, 0.3) is 5.91 Å². The molecular weight excluding hydrogens is 393 g/mol. The normalized spacial score (nSPS) is 15.4. The number of benzene rings is 1. The van der Waals surface area contributed by atoms with Crippen molar-refractivity contribution in [2.75, 3.05) is 13.1 Å². The van der Waals surface area contributed by atoms with Gasteiger partial charge in [0.1, 0.15) is 10.7 Å². The molecule has 0 spiro atoms. The number of nitrogens with one attached hydrogen (secondary N) is 1. The molecule has 0 atom stereocenters. The van der Waals surface area contributed by atoms with Crippen LogP contribution in [0.5, 0.6) is 0 Å². The van der Waals surface area contributed by atoms with Gasteiger partial charge in [0, 0.05) is 38.1 Å². The lowest BCUT2D eigenvalue weighted by Crippen LogP contribution is -2.34. The van der Waals surface area contributed by atoms with Crippen LogP contribution in [0.15, 0.2) is 29.2 Å². The molecule has 0 radical (unpaired) electrons. The number of likely N-dealkylation sites (tertiary alicyclic amines) is 1. The predicted octanol–water partition coefficient (Wildman–Crippen LogP) is 3.28. The zero-order valence-corrected chi connectivity index (χ0v) is 18.0. The van der Waals surface area contributed by atoms with Gasteiger partial charge in [0.2, 0.25) is 10.0 Å². The van der Waals surface area contributed by atoms with E-state index < -0.39 is 10.0 Å². The molecule has 1 aromatic carbocycles. The number of halogens is 1. The second-order valence-electron chi connectivity index (χ2n) is 7.59. The van der Waals surface area contributed by atoms with Gasteiger partial charge in [0.15, 0.2) is 0 Å². The Labute approximate surface area is 171 Å². The number of rotatable bonds is 5. The standard InChI is InChI=1S/C21H28FN3O3S/c1-15-19(21(26)25-12-6-4-5-7-13-25)20(16(2)24(15)3)29(27,28)23-14-17-8-10-18(22)11-9-17/h8-11,23H,4-7,12-14H2,1-3H3. The summed E-state index contributed by atoms with van der Waals surface area (Å²) in [5.41, 5.74) is 2.05. The average Bonchev–Trinajstić information content (AvgIpc) is 2.89. The highest BCUT2D eigenvalue weighted by molar-refractivity contribution is 7.89. The van der Waals surface area contributed by atoms with Crippen LogP contribution in [0.1, 0.15) is 53.0 Å². The minimum atomic E-state index is -3.94. The van der Waals surface area contributed by atoms with Gasteiger partial charge in [0.05, 0.1) is 5.56 Å². The molecule has 158 valence electrons. The van der Waals surface area contributed by atoms with E-state index in [0.717, 1.165) is 25.7 Å². The van der Waals surface area contributed by atoms with Gasteiger partial charge in [-0.2, -0.15) is 0 Å². The number of hydrogen-bond donors (Lipinski definition) is 1. The first kappa shape index (κ1) is 21.5. The van der Waals surface area contributed by atoms with Gasteiger partial charge in [-0.05, 0) is 44.4 Å². The molecule has 1 N–H and O–H groups in total. The maximum Gasteiger partial charge on any atom is 0.257 e. The maximum atomic E-state index is 13.3. The number of carbonyl (C=O) groups is 1. The van der Waals surface area contributed by atoms with E-state index in [9.17, 15) is 17.6 Å². The van der Waals surface area contributed by atoms with Crippen LogP contribution in [0.3, 0.4) is 0 Å². The van der Waals surface area contributed by atoms with Crippen LogP contribution in [0.4, 0.5) is 4.39 Å². The summed E-state index contributed by atoms with van der Waals surface area (Å²) in [4.78, 5) is 15.1. The van der Waals surface area contributed by atoms with Crippen LogP contribution in [-0.4, -0.2) is 36.9 Å². The molecule has 0 unspecified atom stereocenters. The number of amides is 1. The molecule has 1 aliphatic rings. The first-order chi connectivity index (χ1) is 13.7. The zero-order chi connectivity index (χ0) is 21.2. The summed E-state index contributed by atoms with van der Waals surface area (Å²) in [7, 11) is -2.17. The topological polar surface area (TPSA) is 71.4 Å². The third kappa shape index (κ3) is 4.53. The summed E-state index contributed by atoms with van der Waals surface area (Å²) < 4.78 is 43.7. The molecule has 2 aromatic rings. The van der Waals surface area contributed by atoms with Crippen LogP contribution < -0.4 is 4.72 Å². The Hall–Kier alpha value is -2.19. The Morgan fingerprint density at radius 1 is 1.03 bits per heavy atom. The van der Waals surface area contributed by atoms with Gasteiger partial charge in [-0.3, -0.25) is 4.79 Å². The maximum absolute atomic E-state index is 13.3. The lowest BCUT2D eigenvalue weighted by Gasteiger charge is -2.21. The molecule has 1 saturated heterocycles. The Morgan fingerprint density at radius 3 is 2.21 bits per heavy atom. The van der Waals surface area contributed by atoms with Crippen molar-refractivity contribution in [1.29, 1.82) is 0 Å². The van der Waals surface area contributed by atoms with E-state index in [-0.39, 0.29) is 28.7 Å². The van der Waals surface area contributed by atoms with Crippen molar-refractivity contribution in [2.24, 2.45) is 7.05 Å². The summed E-state index contributed by atoms with van der Waals surface area (Å²) in [6, 6.07) is 5.64. The SMILES string of the molecule is Cc1c(C(=O)N2CCCCCC2)c(S(=O)(=O)NCc2ccc(F)cc2)c(C)n1C. The van der Waals surface area contributed by atoms with Crippen molar-refractivity contribution < 1.29 is 17.6 Å². The number of carbonyl (C=O) groups excluding carboxylic acids is 1. The van der Waals surface area contributed by atoms with Gasteiger partial charge in [-0.25, -0.2) is 17.5 Å². The quantitative estimate of drug-likeness (QED) is 0.805. The van der Waals surface area contributed by atoms with Gasteiger partial charge in [-0.1, -0.05) is 25.0 Å². The third-order valence-corrected chi connectivity index (χ3v) is 7.24. The Kier molecular flexibility index (Phi) is 6.43. The van der Waals surface area contributed by atoms with Crippen LogP contribution in [0.2, 0.25) is 0 Å². The molecule has 0 aliphatic carbocycles. The van der Waals surface area contributed by atoms with Crippen molar-refractivity contribution in [3.05, 3.63) is 52.6 Å². The average molecular weight is 422 g/mol. The summed E-state index contributed by atoms with van der Waals surface area (Å²) in [6.45, 7) is 4.80. The van der Waals surface area contributed by atoms with E-state index in [1.165, 1.54) is 24.3 Å². The van der Waals surface area contributed by atoms with E-state index in [1.807, 2.05) is 0 Å². The fourth-order valence-corrected chi connectivity index (χ4v) is 5.31. The first-order valence-electron chi connectivity index (χ1n) is 9.91. The lowest BCUT2D eigenvalue weighted by atomic mass is 10.2. The summed E-state index contributed by atoms with van der Waals surface area (Å²) in [6.07, 6.45) is 4.03. The minimum absolute atomic E-state index is 0.0212. The molecule has 0 bridgehead atoms. The molecule has 3 rings (SSSR count). The lowest BCUT2D eigenvalue weighted by molar-refractivity contribution is 0.0757. The highest BCUT2D eigenvalue weighted by Gasteiger charge is 2.32. The van der Waals surface area contributed by atoms with E-state index in [0.29, 0.717) is 30.0 Å². The smallest absolute Gasteiger partial charge is 0.257 e.